The van der Waals surface area contributed by atoms with Crippen molar-refractivity contribution in [1.82, 2.24) is 9.78 Å². The number of para-hydroxylation sites is 2. The summed E-state index contributed by atoms with van der Waals surface area (Å²) in [4.78, 5) is 22.8. The van der Waals surface area contributed by atoms with E-state index in [4.69, 9.17) is 9.47 Å². The van der Waals surface area contributed by atoms with Crippen molar-refractivity contribution in [3.63, 3.8) is 0 Å². The maximum Gasteiger partial charge on any atom is 0.353 e. The second-order valence-corrected chi connectivity index (χ2v) is 9.60. The van der Waals surface area contributed by atoms with Gasteiger partial charge in [-0.25, -0.2) is 13.2 Å². The topological polar surface area (TPSA) is 131 Å². The van der Waals surface area contributed by atoms with Crippen molar-refractivity contribution in [2.24, 2.45) is 0 Å². The van der Waals surface area contributed by atoms with Crippen LogP contribution in [-0.4, -0.2) is 35.2 Å². The maximum absolute atomic E-state index is 13.6. The smallest absolute Gasteiger partial charge is 0.353 e. The lowest BCUT2D eigenvalue weighted by atomic mass is 10.3. The molecule has 1 heterocycles. The molecule has 0 unspecified atom stereocenters. The van der Waals surface area contributed by atoms with Gasteiger partial charge in [0.25, 0.3) is 5.69 Å². The normalized spacial score (nSPS) is 12.1. The molecule has 0 radical (unpaired) electrons. The van der Waals surface area contributed by atoms with E-state index in [1.54, 1.807) is 60.7 Å². The summed E-state index contributed by atoms with van der Waals surface area (Å²) in [5, 5.41) is 15.3. The fraction of sp³-hybridized carbons (Fsp3) is 0.120. The zero-order valence-electron chi connectivity index (χ0n) is 19.3. The zero-order valence-corrected chi connectivity index (χ0v) is 20.1. The standard InChI is InChI=1S/C25H21N3O7S/c1-17-23(36(32,33)22-15-13-20(14-16-22)28(30)31)24(27(26-17)19-9-5-3-6-10-19)35-25(29)18(2)34-21-11-7-4-8-12-21/h3-16,18H,1-2H3/t18-/m0/s1. The van der Waals surface area contributed by atoms with E-state index in [1.165, 1.54) is 18.5 Å². The van der Waals surface area contributed by atoms with Crippen molar-refractivity contribution in [2.75, 3.05) is 0 Å². The van der Waals surface area contributed by atoms with Crippen LogP contribution in [0.2, 0.25) is 0 Å². The van der Waals surface area contributed by atoms with Crippen LogP contribution in [0.3, 0.4) is 0 Å². The molecule has 0 aliphatic heterocycles. The molecule has 0 aliphatic rings. The second kappa shape index (κ2) is 10.0. The van der Waals surface area contributed by atoms with E-state index in [0.29, 0.717) is 11.4 Å². The average Bonchev–Trinajstić information content (AvgIpc) is 3.21. The molecule has 1 atom stereocenters. The Morgan fingerprint density at radius 2 is 1.56 bits per heavy atom. The van der Waals surface area contributed by atoms with Gasteiger partial charge in [-0.3, -0.25) is 10.1 Å². The third kappa shape index (κ3) is 4.96. The van der Waals surface area contributed by atoms with E-state index in [2.05, 4.69) is 5.10 Å². The number of esters is 1. The molecular weight excluding hydrogens is 486 g/mol. The molecule has 10 nitrogen and oxygen atoms in total. The Bertz CT molecular complexity index is 1500. The van der Waals surface area contributed by atoms with Gasteiger partial charge in [-0.05, 0) is 50.2 Å². The van der Waals surface area contributed by atoms with Crippen LogP contribution in [0.5, 0.6) is 11.6 Å². The van der Waals surface area contributed by atoms with E-state index < -0.39 is 26.8 Å². The fourth-order valence-corrected chi connectivity index (χ4v) is 4.95. The first kappa shape index (κ1) is 24.6. The average molecular weight is 508 g/mol. The summed E-state index contributed by atoms with van der Waals surface area (Å²) in [6, 6.07) is 21.6. The molecule has 0 bridgehead atoms. The van der Waals surface area contributed by atoms with Gasteiger partial charge in [-0.2, -0.15) is 9.78 Å². The van der Waals surface area contributed by atoms with Gasteiger partial charge in [0.05, 0.1) is 21.2 Å². The number of carbonyl (C=O) groups is 1. The molecule has 0 amide bonds. The molecule has 0 fully saturated rings. The van der Waals surface area contributed by atoms with E-state index in [9.17, 15) is 23.3 Å². The van der Waals surface area contributed by atoms with Crippen molar-refractivity contribution in [3.8, 4) is 17.3 Å². The number of rotatable bonds is 8. The first-order valence-corrected chi connectivity index (χ1v) is 12.2. The lowest BCUT2D eigenvalue weighted by molar-refractivity contribution is -0.384. The highest BCUT2D eigenvalue weighted by Gasteiger charge is 2.33. The number of hydrogen-bond acceptors (Lipinski definition) is 8. The molecular formula is C25H21N3O7S. The van der Waals surface area contributed by atoms with E-state index in [0.717, 1.165) is 24.3 Å². The van der Waals surface area contributed by atoms with E-state index in [1.807, 2.05) is 0 Å². The highest BCUT2D eigenvalue weighted by molar-refractivity contribution is 7.91. The Morgan fingerprint density at radius 3 is 2.14 bits per heavy atom. The molecule has 0 aliphatic carbocycles. The van der Waals surface area contributed by atoms with Crippen molar-refractivity contribution in [3.05, 3.63) is 101 Å². The molecule has 4 rings (SSSR count). The van der Waals surface area contributed by atoms with E-state index in [-0.39, 0.29) is 27.1 Å². The SMILES string of the molecule is Cc1nn(-c2ccccc2)c(OC(=O)[C@H](C)Oc2ccccc2)c1S(=O)(=O)c1ccc([N+](=O)[O-])cc1. The van der Waals surface area contributed by atoms with Crippen LogP contribution < -0.4 is 9.47 Å². The fourth-order valence-electron chi connectivity index (χ4n) is 3.43. The monoisotopic (exact) mass is 507 g/mol. The predicted octanol–water partition coefficient (Wildman–Crippen LogP) is 4.29. The molecule has 0 saturated carbocycles. The van der Waals surface area contributed by atoms with Gasteiger partial charge in [0.1, 0.15) is 5.75 Å². The van der Waals surface area contributed by atoms with Gasteiger partial charge in [-0.1, -0.05) is 36.4 Å². The Hall–Kier alpha value is -4.51. The van der Waals surface area contributed by atoms with Crippen molar-refractivity contribution in [2.45, 2.75) is 29.7 Å². The van der Waals surface area contributed by atoms with Crippen LogP contribution in [0.1, 0.15) is 12.6 Å². The number of nitrogens with zero attached hydrogens (tertiary/aromatic N) is 3. The van der Waals surface area contributed by atoms with Crippen LogP contribution in [0.25, 0.3) is 5.69 Å². The van der Waals surface area contributed by atoms with Gasteiger partial charge in [0.2, 0.25) is 15.7 Å². The first-order valence-electron chi connectivity index (χ1n) is 10.8. The van der Waals surface area contributed by atoms with Gasteiger partial charge < -0.3 is 9.47 Å². The largest absolute Gasteiger partial charge is 0.479 e. The summed E-state index contributed by atoms with van der Waals surface area (Å²) in [6.45, 7) is 2.95. The van der Waals surface area contributed by atoms with Gasteiger partial charge in [0.15, 0.2) is 11.0 Å². The summed E-state index contributed by atoms with van der Waals surface area (Å²) in [7, 11) is -4.28. The predicted molar refractivity (Wildman–Crippen MR) is 129 cm³/mol. The number of carbonyl (C=O) groups excluding carboxylic acids is 1. The Labute approximate surface area is 206 Å². The Balaban J connectivity index is 1.77. The number of sulfone groups is 1. The van der Waals surface area contributed by atoms with Crippen LogP contribution in [-0.2, 0) is 14.6 Å². The molecule has 0 N–H and O–H groups in total. The molecule has 184 valence electrons. The molecule has 4 aromatic rings. The lowest BCUT2D eigenvalue weighted by Crippen LogP contribution is -2.29. The zero-order chi connectivity index (χ0) is 25.9. The number of aromatic nitrogens is 2. The summed E-state index contributed by atoms with van der Waals surface area (Å²) in [5.41, 5.74) is 0.283. The lowest BCUT2D eigenvalue weighted by Gasteiger charge is -2.15. The Morgan fingerprint density at radius 1 is 0.972 bits per heavy atom. The van der Waals surface area contributed by atoms with Crippen LogP contribution in [0.4, 0.5) is 5.69 Å². The number of hydrogen-bond donors (Lipinski definition) is 0. The van der Waals surface area contributed by atoms with Gasteiger partial charge in [-0.15, -0.1) is 0 Å². The third-order valence-electron chi connectivity index (χ3n) is 5.18. The van der Waals surface area contributed by atoms with Crippen molar-refractivity contribution >= 4 is 21.5 Å². The number of non-ortho nitro benzene ring substituents is 1. The van der Waals surface area contributed by atoms with Crippen LogP contribution >= 0.6 is 0 Å². The number of nitro benzene ring substituents is 1. The van der Waals surface area contributed by atoms with Crippen molar-refractivity contribution in [1.29, 1.82) is 0 Å². The first-order chi connectivity index (χ1) is 17.2. The third-order valence-corrected chi connectivity index (χ3v) is 7.08. The molecule has 1 aromatic heterocycles. The summed E-state index contributed by atoms with van der Waals surface area (Å²) in [5.74, 6) is -0.713. The highest BCUT2D eigenvalue weighted by Crippen LogP contribution is 2.35. The highest BCUT2D eigenvalue weighted by atomic mass is 32.2. The molecule has 0 spiro atoms. The summed E-state index contributed by atoms with van der Waals surface area (Å²) < 4.78 is 39.7. The van der Waals surface area contributed by atoms with Gasteiger partial charge in [0, 0.05) is 12.1 Å². The number of benzene rings is 3. The number of aryl methyl sites for hydroxylation is 1. The minimum absolute atomic E-state index is 0.0802. The molecule has 11 heteroatoms. The molecule has 36 heavy (non-hydrogen) atoms. The quantitative estimate of drug-likeness (QED) is 0.196. The van der Waals surface area contributed by atoms with Crippen LogP contribution in [0.15, 0.2) is 94.7 Å². The second-order valence-electron chi connectivity index (χ2n) is 7.72. The van der Waals surface area contributed by atoms with E-state index >= 15 is 0 Å². The number of ether oxygens (including phenoxy) is 2. The number of nitro groups is 1. The maximum atomic E-state index is 13.6. The summed E-state index contributed by atoms with van der Waals surface area (Å²) >= 11 is 0. The van der Waals surface area contributed by atoms with Crippen molar-refractivity contribution < 1.29 is 27.6 Å². The Kier molecular flexibility index (Phi) is 6.84. The van der Waals surface area contributed by atoms with Gasteiger partial charge >= 0.3 is 5.97 Å². The minimum atomic E-state index is -4.28. The molecule has 0 saturated heterocycles. The summed E-state index contributed by atoms with van der Waals surface area (Å²) in [6.07, 6.45) is -1.07. The minimum Gasteiger partial charge on any atom is -0.479 e. The molecule has 3 aromatic carbocycles. The van der Waals surface area contributed by atoms with Crippen LogP contribution in [0, 0.1) is 17.0 Å².